The van der Waals surface area contributed by atoms with Crippen LogP contribution < -0.4 is 5.43 Å². The first-order valence-corrected chi connectivity index (χ1v) is 10.1. The van der Waals surface area contributed by atoms with Crippen LogP contribution in [0, 0.1) is 12.8 Å². The summed E-state index contributed by atoms with van der Waals surface area (Å²) in [5, 5.41) is 10.0. The lowest BCUT2D eigenvalue weighted by molar-refractivity contribution is 0.0721. The lowest BCUT2D eigenvalue weighted by atomic mass is 10.0. The number of hydrogen-bond acceptors (Lipinski definition) is 4. The Balaban J connectivity index is 1.84. The van der Waals surface area contributed by atoms with E-state index >= 15 is 0 Å². The second-order valence-corrected chi connectivity index (χ2v) is 7.73. The van der Waals surface area contributed by atoms with Crippen molar-refractivity contribution in [1.82, 2.24) is 4.90 Å². The van der Waals surface area contributed by atoms with E-state index in [0.717, 1.165) is 24.8 Å². The summed E-state index contributed by atoms with van der Waals surface area (Å²) >= 11 is 0. The van der Waals surface area contributed by atoms with E-state index in [2.05, 4.69) is 0 Å². The Morgan fingerprint density at radius 3 is 2.69 bits per heavy atom. The highest BCUT2D eigenvalue weighted by Gasteiger charge is 2.25. The maximum absolute atomic E-state index is 13.4. The van der Waals surface area contributed by atoms with Gasteiger partial charge in [-0.25, -0.2) is 0 Å². The van der Waals surface area contributed by atoms with Gasteiger partial charge in [-0.2, -0.15) is 0 Å². The van der Waals surface area contributed by atoms with Crippen molar-refractivity contribution >= 4 is 16.9 Å². The van der Waals surface area contributed by atoms with Crippen molar-refractivity contribution in [3.8, 4) is 11.3 Å². The van der Waals surface area contributed by atoms with Gasteiger partial charge in [0, 0.05) is 30.8 Å². The molecule has 2 heterocycles. The SMILES string of the molecule is Cc1c(-c2ccccc2)oc2c(C(=O)N3CCCCC(CO)C3)cccc2c1=O. The van der Waals surface area contributed by atoms with Gasteiger partial charge in [-0.3, -0.25) is 9.59 Å². The highest BCUT2D eigenvalue weighted by atomic mass is 16.3. The monoisotopic (exact) mass is 391 g/mol. The zero-order valence-electron chi connectivity index (χ0n) is 16.6. The third kappa shape index (κ3) is 3.70. The maximum Gasteiger partial charge on any atom is 0.257 e. The Labute approximate surface area is 169 Å². The molecular weight excluding hydrogens is 366 g/mol. The molecule has 0 aliphatic carbocycles. The van der Waals surface area contributed by atoms with Gasteiger partial charge in [-0.05, 0) is 37.8 Å². The molecule has 1 unspecified atom stereocenters. The predicted octanol–water partition coefficient (Wildman–Crippen LogP) is 4.00. The third-order valence-corrected chi connectivity index (χ3v) is 5.73. The van der Waals surface area contributed by atoms with Crippen molar-refractivity contribution in [2.24, 2.45) is 5.92 Å². The minimum Gasteiger partial charge on any atom is -0.455 e. The van der Waals surface area contributed by atoms with Gasteiger partial charge in [0.1, 0.15) is 5.76 Å². The molecule has 29 heavy (non-hydrogen) atoms. The van der Waals surface area contributed by atoms with Crippen molar-refractivity contribution < 1.29 is 14.3 Å². The minimum atomic E-state index is -0.151. The van der Waals surface area contributed by atoms with Crippen LogP contribution in [0.3, 0.4) is 0 Å². The fraction of sp³-hybridized carbons (Fsp3) is 0.333. The van der Waals surface area contributed by atoms with Crippen molar-refractivity contribution in [2.45, 2.75) is 26.2 Å². The van der Waals surface area contributed by atoms with Gasteiger partial charge in [0.05, 0.1) is 10.9 Å². The van der Waals surface area contributed by atoms with Crippen LogP contribution in [0.25, 0.3) is 22.3 Å². The van der Waals surface area contributed by atoms with Crippen LogP contribution in [0.5, 0.6) is 0 Å². The fourth-order valence-electron chi connectivity index (χ4n) is 4.08. The summed E-state index contributed by atoms with van der Waals surface area (Å²) in [5.41, 5.74) is 1.95. The minimum absolute atomic E-state index is 0.0751. The first kappa shape index (κ1) is 19.4. The number of likely N-dealkylation sites (tertiary alicyclic amines) is 1. The lowest BCUT2D eigenvalue weighted by Crippen LogP contribution is -2.35. The molecule has 1 amide bonds. The summed E-state index contributed by atoms with van der Waals surface area (Å²) in [4.78, 5) is 28.1. The van der Waals surface area contributed by atoms with Crippen LogP contribution in [-0.4, -0.2) is 35.6 Å². The van der Waals surface area contributed by atoms with E-state index in [1.807, 2.05) is 30.3 Å². The summed E-state index contributed by atoms with van der Waals surface area (Å²) < 4.78 is 6.19. The third-order valence-electron chi connectivity index (χ3n) is 5.73. The first-order chi connectivity index (χ1) is 14.1. The van der Waals surface area contributed by atoms with Crippen LogP contribution >= 0.6 is 0 Å². The van der Waals surface area contributed by atoms with E-state index in [0.29, 0.717) is 40.9 Å². The largest absolute Gasteiger partial charge is 0.455 e. The van der Waals surface area contributed by atoms with Gasteiger partial charge in [0.15, 0.2) is 11.0 Å². The van der Waals surface area contributed by atoms with Gasteiger partial charge in [-0.1, -0.05) is 42.8 Å². The average molecular weight is 391 g/mol. The Morgan fingerprint density at radius 1 is 1.14 bits per heavy atom. The number of para-hydroxylation sites is 1. The molecule has 1 atom stereocenters. The number of benzene rings is 2. The molecule has 0 radical (unpaired) electrons. The second kappa shape index (κ2) is 8.21. The summed E-state index contributed by atoms with van der Waals surface area (Å²) in [6.45, 7) is 3.00. The number of fused-ring (bicyclic) bond motifs is 1. The van der Waals surface area contributed by atoms with Gasteiger partial charge in [0.25, 0.3) is 5.91 Å². The van der Waals surface area contributed by atoms with Crippen molar-refractivity contribution in [3.05, 3.63) is 69.9 Å². The molecule has 0 saturated carbocycles. The molecule has 1 N–H and O–H groups in total. The Bertz CT molecular complexity index is 1090. The quantitative estimate of drug-likeness (QED) is 0.733. The second-order valence-electron chi connectivity index (χ2n) is 7.73. The molecule has 5 heteroatoms. The van der Waals surface area contributed by atoms with E-state index in [1.54, 1.807) is 30.0 Å². The van der Waals surface area contributed by atoms with Gasteiger partial charge < -0.3 is 14.4 Å². The normalized spacial score (nSPS) is 17.3. The van der Waals surface area contributed by atoms with Crippen LogP contribution in [0.15, 0.2) is 57.7 Å². The summed E-state index contributed by atoms with van der Waals surface area (Å²) in [7, 11) is 0. The van der Waals surface area contributed by atoms with Crippen LogP contribution in [0.2, 0.25) is 0 Å². The number of aliphatic hydroxyl groups excluding tert-OH is 1. The molecule has 1 aliphatic rings. The van der Waals surface area contributed by atoms with E-state index < -0.39 is 0 Å². The molecule has 0 bridgehead atoms. The number of carbonyl (C=O) groups excluding carboxylic acids is 1. The summed E-state index contributed by atoms with van der Waals surface area (Å²) in [6, 6.07) is 14.6. The molecule has 2 aromatic carbocycles. The number of hydrogen-bond donors (Lipinski definition) is 1. The molecule has 150 valence electrons. The fourth-order valence-corrected chi connectivity index (χ4v) is 4.08. The number of carbonyl (C=O) groups is 1. The Kier molecular flexibility index (Phi) is 5.49. The Morgan fingerprint density at radius 2 is 1.93 bits per heavy atom. The average Bonchev–Trinajstić information content (AvgIpc) is 3.02. The number of nitrogens with zero attached hydrogens (tertiary/aromatic N) is 1. The molecule has 1 aromatic heterocycles. The van der Waals surface area contributed by atoms with Gasteiger partial charge in [-0.15, -0.1) is 0 Å². The summed E-state index contributed by atoms with van der Waals surface area (Å²) in [6.07, 6.45) is 2.82. The van der Waals surface area contributed by atoms with Gasteiger partial charge in [0.2, 0.25) is 0 Å². The number of aliphatic hydroxyl groups is 1. The molecule has 1 saturated heterocycles. The molecular formula is C24H25NO4. The van der Waals surface area contributed by atoms with Crippen molar-refractivity contribution in [3.63, 3.8) is 0 Å². The number of rotatable bonds is 3. The molecule has 1 aliphatic heterocycles. The summed E-state index contributed by atoms with van der Waals surface area (Å²) in [5.74, 6) is 0.431. The van der Waals surface area contributed by atoms with Crippen molar-refractivity contribution in [1.29, 1.82) is 0 Å². The molecule has 5 nitrogen and oxygen atoms in total. The van der Waals surface area contributed by atoms with E-state index in [1.165, 1.54) is 0 Å². The molecule has 0 spiro atoms. The molecule has 3 aromatic rings. The Hall–Kier alpha value is -2.92. The predicted molar refractivity (Wildman–Crippen MR) is 113 cm³/mol. The smallest absolute Gasteiger partial charge is 0.257 e. The topological polar surface area (TPSA) is 70.8 Å². The molecule has 1 fully saturated rings. The molecule has 4 rings (SSSR count). The standard InChI is InChI=1S/C24H25NO4/c1-16-21(27)19-11-7-12-20(23(19)29-22(16)18-9-3-2-4-10-18)24(28)25-13-6-5-8-17(14-25)15-26/h2-4,7,9-12,17,26H,5-6,8,13-15H2,1H3. The van der Waals surface area contributed by atoms with Crippen LogP contribution in [0.4, 0.5) is 0 Å². The number of amides is 1. The lowest BCUT2D eigenvalue weighted by Gasteiger charge is -2.24. The van der Waals surface area contributed by atoms with E-state index in [9.17, 15) is 14.7 Å². The highest BCUT2D eigenvalue weighted by Crippen LogP contribution is 2.28. The zero-order valence-corrected chi connectivity index (χ0v) is 16.6. The van der Waals surface area contributed by atoms with E-state index in [4.69, 9.17) is 4.42 Å². The zero-order chi connectivity index (χ0) is 20.4. The maximum atomic E-state index is 13.4. The van der Waals surface area contributed by atoms with Gasteiger partial charge >= 0.3 is 0 Å². The van der Waals surface area contributed by atoms with Crippen molar-refractivity contribution in [2.75, 3.05) is 19.7 Å². The highest BCUT2D eigenvalue weighted by molar-refractivity contribution is 6.05. The first-order valence-electron chi connectivity index (χ1n) is 10.1. The van der Waals surface area contributed by atoms with E-state index in [-0.39, 0.29) is 23.9 Å². The van der Waals surface area contributed by atoms with Crippen LogP contribution in [0.1, 0.15) is 35.2 Å². The van der Waals surface area contributed by atoms with Crippen LogP contribution in [-0.2, 0) is 0 Å².